The van der Waals surface area contributed by atoms with Crippen molar-refractivity contribution in [3.05, 3.63) is 0 Å². The fourth-order valence-electron chi connectivity index (χ4n) is 2.72. The molecule has 0 unspecified atom stereocenters. The van der Waals surface area contributed by atoms with E-state index in [1.165, 1.54) is 38.5 Å². The molecule has 0 amide bonds. The second-order valence-corrected chi connectivity index (χ2v) is 6.12. The van der Waals surface area contributed by atoms with Crippen molar-refractivity contribution in [3.63, 3.8) is 0 Å². The molecule has 0 aliphatic carbocycles. The average molecular weight is 328 g/mol. The normalized spacial score (nSPS) is 11.3. The molecule has 4 heteroatoms. The summed E-state index contributed by atoms with van der Waals surface area (Å²) in [5.74, 6) is -0.880. The molecular formula is C19H36O4. The zero-order valence-electron chi connectivity index (χ0n) is 15.6. The van der Waals surface area contributed by atoms with Crippen molar-refractivity contribution in [3.8, 4) is 0 Å². The number of carbonyl (C=O) groups excluding carboxylic acids is 2. The van der Waals surface area contributed by atoms with E-state index in [1.54, 1.807) is 6.92 Å². The zero-order chi connectivity index (χ0) is 17.6. The minimum atomic E-state index is -1.13. The predicted octanol–water partition coefficient (Wildman–Crippen LogP) is 5.04. The van der Waals surface area contributed by atoms with Gasteiger partial charge < -0.3 is 9.47 Å². The molecular weight excluding hydrogens is 292 g/mol. The fourth-order valence-corrected chi connectivity index (χ4v) is 2.72. The molecule has 0 spiro atoms. The highest BCUT2D eigenvalue weighted by molar-refractivity contribution is 5.99. The third kappa shape index (κ3) is 7.85. The van der Waals surface area contributed by atoms with Crippen LogP contribution in [0, 0.1) is 5.41 Å². The lowest BCUT2D eigenvalue weighted by Gasteiger charge is -2.26. The van der Waals surface area contributed by atoms with Gasteiger partial charge in [-0.15, -0.1) is 0 Å². The molecule has 4 nitrogen and oxygen atoms in total. The van der Waals surface area contributed by atoms with Crippen molar-refractivity contribution in [1.29, 1.82) is 0 Å². The van der Waals surface area contributed by atoms with Crippen LogP contribution in [0.15, 0.2) is 0 Å². The summed E-state index contributed by atoms with van der Waals surface area (Å²) in [5.41, 5.74) is -1.13. The van der Waals surface area contributed by atoms with Crippen molar-refractivity contribution in [2.24, 2.45) is 5.41 Å². The quantitative estimate of drug-likeness (QED) is 0.255. The Balaban J connectivity index is 4.03. The van der Waals surface area contributed by atoms with E-state index in [1.807, 2.05) is 13.8 Å². The molecule has 0 saturated carbocycles. The third-order valence-corrected chi connectivity index (χ3v) is 4.50. The van der Waals surface area contributed by atoms with Crippen molar-refractivity contribution < 1.29 is 19.1 Å². The first-order chi connectivity index (χ1) is 11.1. The molecule has 0 aliphatic rings. The molecule has 0 rings (SSSR count). The van der Waals surface area contributed by atoms with Crippen LogP contribution in [0.4, 0.5) is 0 Å². The van der Waals surface area contributed by atoms with Crippen LogP contribution in [0.2, 0.25) is 0 Å². The molecule has 0 bridgehead atoms. The lowest BCUT2D eigenvalue weighted by Crippen LogP contribution is -2.41. The predicted molar refractivity (Wildman–Crippen MR) is 93.2 cm³/mol. The van der Waals surface area contributed by atoms with Crippen molar-refractivity contribution >= 4 is 11.9 Å². The largest absolute Gasteiger partial charge is 0.465 e. The molecule has 23 heavy (non-hydrogen) atoms. The van der Waals surface area contributed by atoms with Crippen molar-refractivity contribution in [1.82, 2.24) is 0 Å². The molecule has 0 atom stereocenters. The van der Waals surface area contributed by atoms with E-state index in [0.717, 1.165) is 12.8 Å². The van der Waals surface area contributed by atoms with Gasteiger partial charge in [-0.05, 0) is 26.2 Å². The molecule has 0 aromatic rings. The monoisotopic (exact) mass is 328 g/mol. The van der Waals surface area contributed by atoms with Crippen LogP contribution in [-0.2, 0) is 19.1 Å². The van der Waals surface area contributed by atoms with Gasteiger partial charge in [-0.1, -0.05) is 65.7 Å². The third-order valence-electron chi connectivity index (χ3n) is 4.50. The molecule has 0 radical (unpaired) electrons. The summed E-state index contributed by atoms with van der Waals surface area (Å²) >= 11 is 0. The lowest BCUT2D eigenvalue weighted by atomic mass is 9.82. The van der Waals surface area contributed by atoms with Gasteiger partial charge in [-0.25, -0.2) is 0 Å². The number of hydrogen-bond acceptors (Lipinski definition) is 4. The lowest BCUT2D eigenvalue weighted by molar-refractivity contribution is -0.173. The molecule has 0 N–H and O–H groups in total. The maximum atomic E-state index is 12.3. The maximum absolute atomic E-state index is 12.3. The van der Waals surface area contributed by atoms with Gasteiger partial charge >= 0.3 is 11.9 Å². The van der Waals surface area contributed by atoms with E-state index in [2.05, 4.69) is 6.92 Å². The minimum absolute atomic E-state index is 0.284. The van der Waals surface area contributed by atoms with E-state index in [9.17, 15) is 9.59 Å². The van der Waals surface area contributed by atoms with Crippen LogP contribution in [0.25, 0.3) is 0 Å². The molecule has 0 saturated heterocycles. The minimum Gasteiger partial charge on any atom is -0.465 e. The summed E-state index contributed by atoms with van der Waals surface area (Å²) in [6, 6.07) is 0. The number of hydrogen-bond donors (Lipinski definition) is 0. The van der Waals surface area contributed by atoms with E-state index in [0.29, 0.717) is 19.4 Å². The van der Waals surface area contributed by atoms with Crippen molar-refractivity contribution in [2.75, 3.05) is 13.2 Å². The Kier molecular flexibility index (Phi) is 12.8. The highest BCUT2D eigenvalue weighted by Gasteiger charge is 2.45. The van der Waals surface area contributed by atoms with Gasteiger partial charge in [-0.2, -0.15) is 0 Å². The van der Waals surface area contributed by atoms with Gasteiger partial charge in [0.25, 0.3) is 0 Å². The number of carbonyl (C=O) groups is 2. The second kappa shape index (κ2) is 13.4. The van der Waals surface area contributed by atoms with Crippen LogP contribution in [0.5, 0.6) is 0 Å². The fraction of sp³-hybridized carbons (Fsp3) is 0.895. The second-order valence-electron chi connectivity index (χ2n) is 6.12. The molecule has 0 aromatic heterocycles. The van der Waals surface area contributed by atoms with Gasteiger partial charge in [0.05, 0.1) is 13.2 Å². The number of ether oxygens (including phenoxy) is 2. The van der Waals surface area contributed by atoms with E-state index < -0.39 is 17.4 Å². The standard InChI is InChI=1S/C19H36O4/c1-5-9-10-11-12-13-14-15-16-23-18(21)19(6-2,7-3)17(20)22-8-4/h5-16H2,1-4H3. The van der Waals surface area contributed by atoms with Crippen molar-refractivity contribution in [2.45, 2.75) is 91.9 Å². The Labute approximate surface area is 142 Å². The summed E-state index contributed by atoms with van der Waals surface area (Å²) in [6.07, 6.45) is 10.4. The first-order valence-corrected chi connectivity index (χ1v) is 9.43. The summed E-state index contributed by atoms with van der Waals surface area (Å²) in [5, 5.41) is 0. The molecule has 0 fully saturated rings. The maximum Gasteiger partial charge on any atom is 0.323 e. The highest BCUT2D eigenvalue weighted by Crippen LogP contribution is 2.30. The van der Waals surface area contributed by atoms with Gasteiger partial charge in [-0.3, -0.25) is 9.59 Å². The number of unbranched alkanes of at least 4 members (excludes halogenated alkanes) is 7. The van der Waals surface area contributed by atoms with Gasteiger partial charge in [0, 0.05) is 0 Å². The van der Waals surface area contributed by atoms with Crippen LogP contribution in [0.1, 0.15) is 91.9 Å². The first-order valence-electron chi connectivity index (χ1n) is 9.43. The zero-order valence-corrected chi connectivity index (χ0v) is 15.6. The number of rotatable bonds is 14. The SMILES string of the molecule is CCCCCCCCCCOC(=O)C(CC)(CC)C(=O)OCC. The molecule has 0 aromatic carbocycles. The number of esters is 2. The van der Waals surface area contributed by atoms with Crippen LogP contribution in [-0.4, -0.2) is 25.2 Å². The van der Waals surface area contributed by atoms with Gasteiger partial charge in [0.1, 0.15) is 0 Å². The Bertz CT molecular complexity index is 321. The van der Waals surface area contributed by atoms with E-state index in [4.69, 9.17) is 9.47 Å². The Morgan fingerprint density at radius 1 is 0.696 bits per heavy atom. The van der Waals surface area contributed by atoms with Crippen LogP contribution >= 0.6 is 0 Å². The average Bonchev–Trinajstić information content (AvgIpc) is 2.55. The summed E-state index contributed by atoms with van der Waals surface area (Å²) in [7, 11) is 0. The van der Waals surface area contributed by atoms with E-state index in [-0.39, 0.29) is 6.61 Å². The molecule has 0 heterocycles. The molecule has 136 valence electrons. The van der Waals surface area contributed by atoms with Crippen LogP contribution < -0.4 is 0 Å². The van der Waals surface area contributed by atoms with Gasteiger partial charge in [0.15, 0.2) is 5.41 Å². The Morgan fingerprint density at radius 2 is 1.17 bits per heavy atom. The Hall–Kier alpha value is -1.06. The highest BCUT2D eigenvalue weighted by atomic mass is 16.6. The first kappa shape index (κ1) is 21.9. The van der Waals surface area contributed by atoms with E-state index >= 15 is 0 Å². The summed E-state index contributed by atoms with van der Waals surface area (Å²) in [6.45, 7) is 8.31. The molecule has 0 aliphatic heterocycles. The topological polar surface area (TPSA) is 52.6 Å². The smallest absolute Gasteiger partial charge is 0.323 e. The van der Waals surface area contributed by atoms with Gasteiger partial charge in [0.2, 0.25) is 0 Å². The Morgan fingerprint density at radius 3 is 1.65 bits per heavy atom. The summed E-state index contributed by atoms with van der Waals surface area (Å²) < 4.78 is 10.4. The summed E-state index contributed by atoms with van der Waals surface area (Å²) in [4.78, 5) is 24.4. The van der Waals surface area contributed by atoms with Crippen LogP contribution in [0.3, 0.4) is 0 Å².